The van der Waals surface area contributed by atoms with E-state index in [9.17, 15) is 19.5 Å². The summed E-state index contributed by atoms with van der Waals surface area (Å²) in [6.45, 7) is 4.30. The summed E-state index contributed by atoms with van der Waals surface area (Å²) in [5.41, 5.74) is 0.827. The molecule has 128 valence electrons. The molecule has 24 heavy (non-hydrogen) atoms. The van der Waals surface area contributed by atoms with Crippen LogP contribution in [0.25, 0.3) is 0 Å². The first-order valence-corrected chi connectivity index (χ1v) is 8.22. The van der Waals surface area contributed by atoms with Crippen molar-refractivity contribution in [2.24, 2.45) is 0 Å². The van der Waals surface area contributed by atoms with E-state index in [0.717, 1.165) is 4.90 Å². The Hall–Kier alpha value is -2.12. The SMILES string of the molecule is C=C(C)C(=O)OCC(O)COC(=O)C1CC(=O)c2ccccc2S1. The number of aliphatic hydroxyl groups is 1. The van der Waals surface area contributed by atoms with Crippen molar-refractivity contribution in [3.05, 3.63) is 42.0 Å². The number of ether oxygens (including phenoxy) is 2. The van der Waals surface area contributed by atoms with Gasteiger partial charge in [-0.2, -0.15) is 0 Å². The predicted molar refractivity (Wildman–Crippen MR) is 87.8 cm³/mol. The van der Waals surface area contributed by atoms with E-state index in [1.807, 2.05) is 0 Å². The van der Waals surface area contributed by atoms with Crippen molar-refractivity contribution < 1.29 is 29.0 Å². The van der Waals surface area contributed by atoms with Crippen molar-refractivity contribution in [1.82, 2.24) is 0 Å². The standard InChI is InChI=1S/C17H18O6S/c1-10(2)16(20)22-8-11(18)9-23-17(21)15-7-13(19)12-5-3-4-6-14(12)24-15/h3-6,11,15,18H,1,7-9H2,2H3. The van der Waals surface area contributed by atoms with Gasteiger partial charge in [0.05, 0.1) is 0 Å². The summed E-state index contributed by atoms with van der Waals surface area (Å²) in [4.78, 5) is 36.1. The van der Waals surface area contributed by atoms with Crippen molar-refractivity contribution in [1.29, 1.82) is 0 Å². The van der Waals surface area contributed by atoms with E-state index in [0.29, 0.717) is 5.56 Å². The molecule has 0 saturated heterocycles. The number of hydrogen-bond donors (Lipinski definition) is 1. The number of aliphatic hydroxyl groups excluding tert-OH is 1. The van der Waals surface area contributed by atoms with Crippen LogP contribution in [-0.2, 0) is 19.1 Å². The third kappa shape index (κ3) is 4.69. The van der Waals surface area contributed by atoms with E-state index < -0.39 is 23.3 Å². The molecule has 1 N–H and O–H groups in total. The number of carbonyl (C=O) groups is 3. The molecule has 0 radical (unpaired) electrons. The summed E-state index contributed by atoms with van der Waals surface area (Å²) in [5, 5.41) is 9.04. The van der Waals surface area contributed by atoms with Crippen molar-refractivity contribution in [2.75, 3.05) is 13.2 Å². The maximum atomic E-state index is 12.1. The van der Waals surface area contributed by atoms with E-state index in [4.69, 9.17) is 9.47 Å². The van der Waals surface area contributed by atoms with E-state index >= 15 is 0 Å². The van der Waals surface area contributed by atoms with Crippen LogP contribution in [0.2, 0.25) is 0 Å². The van der Waals surface area contributed by atoms with Crippen molar-refractivity contribution in [3.8, 4) is 0 Å². The molecule has 7 heteroatoms. The van der Waals surface area contributed by atoms with Gasteiger partial charge in [-0.05, 0) is 13.0 Å². The van der Waals surface area contributed by atoms with E-state index in [1.54, 1.807) is 24.3 Å². The zero-order chi connectivity index (χ0) is 17.7. The Labute approximate surface area is 143 Å². The molecule has 0 aromatic heterocycles. The summed E-state index contributed by atoms with van der Waals surface area (Å²) in [6.07, 6.45) is -1.07. The molecule has 0 aliphatic carbocycles. The topological polar surface area (TPSA) is 89.9 Å². The summed E-state index contributed by atoms with van der Waals surface area (Å²) in [5.74, 6) is -1.30. The average molecular weight is 350 g/mol. The number of carbonyl (C=O) groups excluding carboxylic acids is 3. The molecule has 0 bridgehead atoms. The molecular formula is C17H18O6S. The average Bonchev–Trinajstić information content (AvgIpc) is 2.57. The lowest BCUT2D eigenvalue weighted by Gasteiger charge is -2.22. The molecular weight excluding hydrogens is 332 g/mol. The fourth-order valence-corrected chi connectivity index (χ4v) is 3.19. The minimum atomic E-state index is -1.13. The summed E-state index contributed by atoms with van der Waals surface area (Å²) < 4.78 is 9.79. The first-order chi connectivity index (χ1) is 11.4. The minimum Gasteiger partial charge on any atom is -0.462 e. The first-order valence-electron chi connectivity index (χ1n) is 7.34. The minimum absolute atomic E-state index is 0.0568. The lowest BCUT2D eigenvalue weighted by Crippen LogP contribution is -2.31. The van der Waals surface area contributed by atoms with Crippen LogP contribution in [0.1, 0.15) is 23.7 Å². The van der Waals surface area contributed by atoms with Gasteiger partial charge in [0.15, 0.2) is 5.78 Å². The van der Waals surface area contributed by atoms with Gasteiger partial charge in [-0.25, -0.2) is 4.79 Å². The first kappa shape index (κ1) is 18.2. The highest BCUT2D eigenvalue weighted by atomic mass is 32.2. The van der Waals surface area contributed by atoms with E-state index in [-0.39, 0.29) is 31.0 Å². The molecule has 1 aliphatic rings. The van der Waals surface area contributed by atoms with Gasteiger partial charge in [0, 0.05) is 22.5 Å². The summed E-state index contributed by atoms with van der Waals surface area (Å²) >= 11 is 1.27. The molecule has 1 aromatic rings. The third-order valence-electron chi connectivity index (χ3n) is 3.26. The van der Waals surface area contributed by atoms with Gasteiger partial charge in [-0.1, -0.05) is 24.8 Å². The molecule has 0 saturated carbocycles. The Morgan fingerprint density at radius 3 is 2.71 bits per heavy atom. The number of fused-ring (bicyclic) bond motifs is 1. The summed E-state index contributed by atoms with van der Waals surface area (Å²) in [7, 11) is 0. The Kier molecular flexibility index (Phi) is 6.16. The Bertz CT molecular complexity index is 669. The fourth-order valence-electron chi connectivity index (χ4n) is 2.02. The highest BCUT2D eigenvalue weighted by Crippen LogP contribution is 2.35. The number of thioether (sulfide) groups is 1. The molecule has 0 fully saturated rings. The van der Waals surface area contributed by atoms with Crippen LogP contribution in [0.15, 0.2) is 41.3 Å². The van der Waals surface area contributed by atoms with E-state index in [2.05, 4.69) is 6.58 Å². The number of ketones is 1. The van der Waals surface area contributed by atoms with E-state index in [1.165, 1.54) is 18.7 Å². The Morgan fingerprint density at radius 1 is 1.33 bits per heavy atom. The predicted octanol–water partition coefficient (Wildman–Crippen LogP) is 1.76. The molecule has 1 aliphatic heterocycles. The quantitative estimate of drug-likeness (QED) is 0.617. The lowest BCUT2D eigenvalue weighted by atomic mass is 10.1. The summed E-state index contributed by atoms with van der Waals surface area (Å²) in [6, 6.07) is 7.08. The van der Waals surface area contributed by atoms with Crippen LogP contribution in [0, 0.1) is 0 Å². The molecule has 6 nitrogen and oxygen atoms in total. The fraction of sp³-hybridized carbons (Fsp3) is 0.353. The molecule has 2 unspecified atom stereocenters. The zero-order valence-corrected chi connectivity index (χ0v) is 14.0. The zero-order valence-electron chi connectivity index (χ0n) is 13.2. The monoisotopic (exact) mass is 350 g/mol. The Balaban J connectivity index is 1.82. The van der Waals surface area contributed by atoms with Crippen LogP contribution in [0.3, 0.4) is 0 Å². The number of rotatable bonds is 6. The van der Waals surface area contributed by atoms with Gasteiger partial charge in [0.1, 0.15) is 24.6 Å². The van der Waals surface area contributed by atoms with Crippen molar-refractivity contribution in [2.45, 2.75) is 29.6 Å². The van der Waals surface area contributed by atoms with Crippen LogP contribution in [0.5, 0.6) is 0 Å². The molecule has 2 atom stereocenters. The molecule has 1 aromatic carbocycles. The smallest absolute Gasteiger partial charge is 0.333 e. The maximum Gasteiger partial charge on any atom is 0.333 e. The van der Waals surface area contributed by atoms with Crippen LogP contribution >= 0.6 is 11.8 Å². The number of benzene rings is 1. The van der Waals surface area contributed by atoms with Gasteiger partial charge < -0.3 is 14.6 Å². The molecule has 0 spiro atoms. The number of esters is 2. The van der Waals surface area contributed by atoms with Gasteiger partial charge in [0.25, 0.3) is 0 Å². The third-order valence-corrected chi connectivity index (χ3v) is 4.52. The molecule has 0 amide bonds. The lowest BCUT2D eigenvalue weighted by molar-refractivity contribution is -0.149. The maximum absolute atomic E-state index is 12.1. The highest BCUT2D eigenvalue weighted by Gasteiger charge is 2.31. The molecule has 1 heterocycles. The van der Waals surface area contributed by atoms with Gasteiger partial charge in [-0.3, -0.25) is 9.59 Å². The molecule has 2 rings (SSSR count). The second kappa shape index (κ2) is 8.12. The van der Waals surface area contributed by atoms with Gasteiger partial charge in [-0.15, -0.1) is 11.8 Å². The van der Waals surface area contributed by atoms with Gasteiger partial charge in [0.2, 0.25) is 0 Å². The number of Topliss-reactive ketones (excluding diaryl/α,β-unsaturated/α-hetero) is 1. The second-order valence-electron chi connectivity index (χ2n) is 5.39. The van der Waals surface area contributed by atoms with Crippen molar-refractivity contribution >= 4 is 29.5 Å². The van der Waals surface area contributed by atoms with Gasteiger partial charge >= 0.3 is 11.9 Å². The largest absolute Gasteiger partial charge is 0.462 e. The Morgan fingerprint density at radius 2 is 2.00 bits per heavy atom. The normalized spacial score (nSPS) is 17.6. The van der Waals surface area contributed by atoms with Crippen LogP contribution in [-0.4, -0.2) is 47.4 Å². The second-order valence-corrected chi connectivity index (χ2v) is 6.64. The van der Waals surface area contributed by atoms with Crippen molar-refractivity contribution in [3.63, 3.8) is 0 Å². The van der Waals surface area contributed by atoms with Crippen LogP contribution < -0.4 is 0 Å². The number of hydrogen-bond acceptors (Lipinski definition) is 7. The highest BCUT2D eigenvalue weighted by molar-refractivity contribution is 8.00. The van der Waals surface area contributed by atoms with Crippen LogP contribution in [0.4, 0.5) is 0 Å².